The summed E-state index contributed by atoms with van der Waals surface area (Å²) in [5.74, 6) is 0. The van der Waals surface area contributed by atoms with E-state index in [2.05, 4.69) is 27.7 Å². The first-order chi connectivity index (χ1) is 4.77. The van der Waals surface area contributed by atoms with E-state index in [0.29, 0.717) is 0 Å². The van der Waals surface area contributed by atoms with E-state index in [0.717, 1.165) is 0 Å². The highest BCUT2D eigenvalue weighted by atomic mass is 16.6. The van der Waals surface area contributed by atoms with Gasteiger partial charge >= 0.3 is 0 Å². The number of hydrogen-bond acceptors (Lipinski definition) is 2. The molecule has 0 aromatic heterocycles. The van der Waals surface area contributed by atoms with Gasteiger partial charge in [0.25, 0.3) is 0 Å². The first-order valence-corrected chi connectivity index (χ1v) is 4.08. The minimum Gasteiger partial charge on any atom is -0.393 e. The zero-order valence-corrected chi connectivity index (χ0v) is 8.06. The van der Waals surface area contributed by atoms with Crippen molar-refractivity contribution < 1.29 is 9.84 Å². The van der Waals surface area contributed by atoms with Gasteiger partial charge in [-0.05, 0) is 20.8 Å². The maximum absolute atomic E-state index is 9.09. The number of aliphatic hydroxyl groups is 1. The van der Waals surface area contributed by atoms with E-state index in [-0.39, 0.29) is 23.2 Å². The largest absolute Gasteiger partial charge is 0.393 e. The lowest BCUT2D eigenvalue weighted by molar-refractivity contribution is -0.356. The Hall–Kier alpha value is -0.0800. The number of ether oxygens (including phenoxy) is 1. The molecule has 66 valence electrons. The van der Waals surface area contributed by atoms with Crippen LogP contribution in [0.5, 0.6) is 0 Å². The lowest BCUT2D eigenvalue weighted by Crippen LogP contribution is -2.71. The SMILES string of the molecule is CC1(C)OC(C)(CO)C1(C)C. The van der Waals surface area contributed by atoms with E-state index in [9.17, 15) is 0 Å². The molecule has 2 nitrogen and oxygen atoms in total. The van der Waals surface area contributed by atoms with Gasteiger partial charge in [-0.15, -0.1) is 0 Å². The third-order valence-electron chi connectivity index (χ3n) is 3.61. The van der Waals surface area contributed by atoms with Crippen LogP contribution in [0.4, 0.5) is 0 Å². The van der Waals surface area contributed by atoms with Gasteiger partial charge in [-0.3, -0.25) is 0 Å². The third-order valence-corrected chi connectivity index (χ3v) is 3.61. The summed E-state index contributed by atoms with van der Waals surface area (Å²) in [6.07, 6.45) is 0. The number of rotatable bonds is 1. The van der Waals surface area contributed by atoms with Crippen LogP contribution in [0.15, 0.2) is 0 Å². The van der Waals surface area contributed by atoms with Crippen LogP contribution >= 0.6 is 0 Å². The molecule has 0 aromatic carbocycles. The second-order valence-corrected chi connectivity index (χ2v) is 4.63. The van der Waals surface area contributed by atoms with Crippen LogP contribution in [0.25, 0.3) is 0 Å². The molecule has 1 N–H and O–H groups in total. The van der Waals surface area contributed by atoms with Crippen LogP contribution in [-0.2, 0) is 4.74 Å². The fraction of sp³-hybridized carbons (Fsp3) is 1.00. The summed E-state index contributed by atoms with van der Waals surface area (Å²) in [5.41, 5.74) is -0.407. The van der Waals surface area contributed by atoms with Crippen LogP contribution in [0.3, 0.4) is 0 Å². The molecule has 11 heavy (non-hydrogen) atoms. The first kappa shape index (κ1) is 9.01. The lowest BCUT2D eigenvalue weighted by Gasteiger charge is -2.64. The average Bonchev–Trinajstić information content (AvgIpc) is 1.86. The quantitative estimate of drug-likeness (QED) is 0.627. The van der Waals surface area contributed by atoms with Crippen molar-refractivity contribution in [2.75, 3.05) is 6.61 Å². The Labute approximate surface area is 68.6 Å². The molecule has 0 amide bonds. The predicted octanol–water partition coefficient (Wildman–Crippen LogP) is 1.57. The van der Waals surface area contributed by atoms with Crippen molar-refractivity contribution in [3.05, 3.63) is 0 Å². The Kier molecular flexibility index (Phi) is 1.63. The average molecular weight is 158 g/mol. The number of aliphatic hydroxyl groups excluding tert-OH is 1. The maximum atomic E-state index is 9.09. The van der Waals surface area contributed by atoms with Crippen LogP contribution in [0.1, 0.15) is 34.6 Å². The Balaban J connectivity index is 2.84. The van der Waals surface area contributed by atoms with E-state index in [1.807, 2.05) is 6.92 Å². The molecule has 1 fully saturated rings. The molecule has 1 aliphatic heterocycles. The molecule has 0 radical (unpaired) electrons. The molecule has 1 unspecified atom stereocenters. The van der Waals surface area contributed by atoms with Gasteiger partial charge in [0, 0.05) is 5.41 Å². The van der Waals surface area contributed by atoms with Gasteiger partial charge in [0.05, 0.1) is 17.8 Å². The molecule has 1 heterocycles. The van der Waals surface area contributed by atoms with E-state index < -0.39 is 0 Å². The summed E-state index contributed by atoms with van der Waals surface area (Å²) in [4.78, 5) is 0. The van der Waals surface area contributed by atoms with Crippen molar-refractivity contribution >= 4 is 0 Å². The summed E-state index contributed by atoms with van der Waals surface area (Å²) in [5, 5.41) is 9.09. The zero-order chi connectivity index (χ0) is 8.91. The Morgan fingerprint density at radius 2 is 1.55 bits per heavy atom. The summed E-state index contributed by atoms with van der Waals surface area (Å²) in [6.45, 7) is 10.4. The molecular formula is C9H18O2. The van der Waals surface area contributed by atoms with Gasteiger partial charge in [0.2, 0.25) is 0 Å². The zero-order valence-electron chi connectivity index (χ0n) is 8.06. The molecule has 0 bridgehead atoms. The van der Waals surface area contributed by atoms with E-state index in [4.69, 9.17) is 9.84 Å². The molecule has 2 heteroatoms. The Bertz CT molecular complexity index is 172. The minimum absolute atomic E-state index is 0.0503. The van der Waals surface area contributed by atoms with Crippen molar-refractivity contribution in [3.8, 4) is 0 Å². The van der Waals surface area contributed by atoms with Gasteiger partial charge in [0.1, 0.15) is 0 Å². The van der Waals surface area contributed by atoms with Gasteiger partial charge in [-0.25, -0.2) is 0 Å². The van der Waals surface area contributed by atoms with Crippen molar-refractivity contribution in [2.24, 2.45) is 5.41 Å². The Morgan fingerprint density at radius 3 is 1.64 bits per heavy atom. The predicted molar refractivity (Wildman–Crippen MR) is 44.4 cm³/mol. The van der Waals surface area contributed by atoms with Crippen molar-refractivity contribution in [1.29, 1.82) is 0 Å². The maximum Gasteiger partial charge on any atom is 0.0969 e. The monoisotopic (exact) mass is 158 g/mol. The summed E-state index contributed by atoms with van der Waals surface area (Å²) in [7, 11) is 0. The topological polar surface area (TPSA) is 29.5 Å². The normalized spacial score (nSPS) is 39.8. The number of hydrogen-bond donors (Lipinski definition) is 1. The summed E-state index contributed by atoms with van der Waals surface area (Å²) in [6, 6.07) is 0. The second-order valence-electron chi connectivity index (χ2n) is 4.63. The molecule has 0 spiro atoms. The fourth-order valence-corrected chi connectivity index (χ4v) is 1.64. The van der Waals surface area contributed by atoms with Crippen LogP contribution < -0.4 is 0 Å². The molecule has 1 rings (SSSR count). The molecule has 0 aliphatic carbocycles. The second kappa shape index (κ2) is 1.99. The molecular weight excluding hydrogens is 140 g/mol. The minimum atomic E-state index is -0.351. The van der Waals surface area contributed by atoms with Crippen molar-refractivity contribution in [2.45, 2.75) is 45.8 Å². The van der Waals surface area contributed by atoms with Gasteiger partial charge in [-0.1, -0.05) is 13.8 Å². The standard InChI is InChI=1S/C9H18O2/c1-7(2)8(3,4)11-9(7,5)6-10/h10H,6H2,1-5H3. The summed E-state index contributed by atoms with van der Waals surface area (Å²) >= 11 is 0. The van der Waals surface area contributed by atoms with E-state index in [1.54, 1.807) is 0 Å². The highest BCUT2D eigenvalue weighted by Gasteiger charge is 2.63. The van der Waals surface area contributed by atoms with Crippen molar-refractivity contribution in [1.82, 2.24) is 0 Å². The Morgan fingerprint density at radius 1 is 1.09 bits per heavy atom. The van der Waals surface area contributed by atoms with Gasteiger partial charge in [0.15, 0.2) is 0 Å². The van der Waals surface area contributed by atoms with Gasteiger partial charge in [-0.2, -0.15) is 0 Å². The highest BCUT2D eigenvalue weighted by molar-refractivity contribution is 5.10. The van der Waals surface area contributed by atoms with Gasteiger partial charge < -0.3 is 9.84 Å². The molecule has 1 atom stereocenters. The molecule has 1 saturated heterocycles. The smallest absolute Gasteiger partial charge is 0.0969 e. The van der Waals surface area contributed by atoms with Crippen molar-refractivity contribution in [3.63, 3.8) is 0 Å². The van der Waals surface area contributed by atoms with E-state index in [1.165, 1.54) is 0 Å². The fourth-order valence-electron chi connectivity index (χ4n) is 1.64. The van der Waals surface area contributed by atoms with Crippen LogP contribution in [0.2, 0.25) is 0 Å². The first-order valence-electron chi connectivity index (χ1n) is 4.08. The highest BCUT2D eigenvalue weighted by Crippen LogP contribution is 2.56. The third kappa shape index (κ3) is 0.859. The lowest BCUT2D eigenvalue weighted by atomic mass is 9.60. The van der Waals surface area contributed by atoms with E-state index >= 15 is 0 Å². The molecule has 0 saturated carbocycles. The van der Waals surface area contributed by atoms with Crippen LogP contribution in [0, 0.1) is 5.41 Å². The molecule has 0 aromatic rings. The summed E-state index contributed by atoms with van der Waals surface area (Å²) < 4.78 is 5.63. The van der Waals surface area contributed by atoms with Crippen LogP contribution in [-0.4, -0.2) is 22.9 Å². The molecule has 1 aliphatic rings.